The summed E-state index contributed by atoms with van der Waals surface area (Å²) in [6.07, 6.45) is 5.53. The fraction of sp³-hybridized carbons (Fsp3) is 0.333. The zero-order valence-corrected chi connectivity index (χ0v) is 19.8. The van der Waals surface area contributed by atoms with Crippen molar-refractivity contribution in [1.29, 1.82) is 0 Å². The minimum absolute atomic E-state index is 0.116. The normalized spacial score (nSPS) is 11.0. The summed E-state index contributed by atoms with van der Waals surface area (Å²) in [7, 11) is 3.22. The molecule has 9 heteroatoms. The largest absolute Gasteiger partial charge is 0.497 e. The molecule has 0 unspecified atom stereocenters. The average Bonchev–Trinajstić information content (AvgIpc) is 2.84. The Balaban J connectivity index is 1.47. The van der Waals surface area contributed by atoms with Crippen LogP contribution in [-0.2, 0) is 9.59 Å². The monoisotopic (exact) mass is 470 g/mol. The third-order valence-corrected chi connectivity index (χ3v) is 5.58. The maximum atomic E-state index is 11.8. The molecule has 2 amide bonds. The number of thioether (sulfide) groups is 1. The van der Waals surface area contributed by atoms with Gasteiger partial charge in [-0.3, -0.25) is 9.59 Å². The van der Waals surface area contributed by atoms with E-state index in [0.29, 0.717) is 12.8 Å². The molecule has 0 bridgehead atoms. The molecule has 2 aromatic rings. The number of benzene rings is 2. The number of ether oxygens (including phenoxy) is 2. The van der Waals surface area contributed by atoms with Gasteiger partial charge < -0.3 is 9.47 Å². The second-order valence-corrected chi connectivity index (χ2v) is 8.18. The van der Waals surface area contributed by atoms with Crippen molar-refractivity contribution < 1.29 is 19.1 Å². The van der Waals surface area contributed by atoms with E-state index in [1.54, 1.807) is 38.4 Å². The van der Waals surface area contributed by atoms with Crippen molar-refractivity contribution in [1.82, 2.24) is 10.9 Å². The number of carbonyl (C=O) groups is 2. The molecular weight excluding hydrogens is 440 g/mol. The summed E-state index contributed by atoms with van der Waals surface area (Å²) in [4.78, 5) is 23.6. The number of nitrogens with zero attached hydrogens (tertiary/aromatic N) is 2. The van der Waals surface area contributed by atoms with Gasteiger partial charge in [-0.15, -0.1) is 0 Å². The summed E-state index contributed by atoms with van der Waals surface area (Å²) in [5, 5.41) is 7.93. The lowest BCUT2D eigenvalue weighted by Gasteiger charge is -2.02. The van der Waals surface area contributed by atoms with Gasteiger partial charge >= 0.3 is 0 Å². The van der Waals surface area contributed by atoms with E-state index in [-0.39, 0.29) is 11.8 Å². The highest BCUT2D eigenvalue weighted by molar-refractivity contribution is 7.99. The third-order valence-electron chi connectivity index (χ3n) is 4.42. The van der Waals surface area contributed by atoms with E-state index in [0.717, 1.165) is 47.0 Å². The van der Waals surface area contributed by atoms with Crippen molar-refractivity contribution in [3.05, 3.63) is 59.7 Å². The van der Waals surface area contributed by atoms with Crippen LogP contribution in [0.4, 0.5) is 0 Å². The van der Waals surface area contributed by atoms with Gasteiger partial charge in [0.05, 0.1) is 26.6 Å². The molecule has 0 spiro atoms. The number of hydrazone groups is 2. The molecule has 0 aliphatic carbocycles. The maximum Gasteiger partial charge on any atom is 0.240 e. The van der Waals surface area contributed by atoms with Crippen LogP contribution in [-0.4, -0.2) is 50.0 Å². The fourth-order valence-electron chi connectivity index (χ4n) is 2.62. The zero-order chi connectivity index (χ0) is 23.7. The Morgan fingerprint density at radius 1 is 0.758 bits per heavy atom. The Hall–Kier alpha value is -3.33. The van der Waals surface area contributed by atoms with E-state index in [1.807, 2.05) is 48.5 Å². The van der Waals surface area contributed by atoms with E-state index in [2.05, 4.69) is 21.1 Å². The molecule has 0 atom stereocenters. The predicted octanol–water partition coefficient (Wildman–Crippen LogP) is 3.60. The van der Waals surface area contributed by atoms with Gasteiger partial charge in [0.2, 0.25) is 11.8 Å². The van der Waals surface area contributed by atoms with E-state index in [1.165, 1.54) is 0 Å². The van der Waals surface area contributed by atoms with Crippen molar-refractivity contribution >= 4 is 36.0 Å². The molecule has 2 N–H and O–H groups in total. The van der Waals surface area contributed by atoms with E-state index in [4.69, 9.17) is 9.47 Å². The number of hydrogen-bond donors (Lipinski definition) is 2. The van der Waals surface area contributed by atoms with E-state index >= 15 is 0 Å². The summed E-state index contributed by atoms with van der Waals surface area (Å²) in [6, 6.07) is 14.8. The highest BCUT2D eigenvalue weighted by Gasteiger charge is 2.02. The minimum Gasteiger partial charge on any atom is -0.497 e. The standard InChI is InChI=1S/C24H30N4O4S/c1-31-21-11-7-19(8-12-21)17-25-27-23(29)5-3-15-33-16-4-6-24(30)28-26-18-20-9-13-22(32-2)14-10-20/h7-14,17-18H,3-6,15-16H2,1-2H3,(H,27,29)(H,28,30). The first-order valence-electron chi connectivity index (χ1n) is 10.6. The summed E-state index contributed by atoms with van der Waals surface area (Å²) in [5.41, 5.74) is 6.82. The van der Waals surface area contributed by atoms with Crippen LogP contribution in [0.5, 0.6) is 11.5 Å². The van der Waals surface area contributed by atoms with Gasteiger partial charge in [0.15, 0.2) is 0 Å². The van der Waals surface area contributed by atoms with Gasteiger partial charge in [0.1, 0.15) is 11.5 Å². The van der Waals surface area contributed by atoms with Crippen molar-refractivity contribution in [3.63, 3.8) is 0 Å². The van der Waals surface area contributed by atoms with Gasteiger partial charge in [-0.05, 0) is 84.0 Å². The number of methoxy groups -OCH3 is 2. The minimum atomic E-state index is -0.116. The van der Waals surface area contributed by atoms with Crippen LogP contribution >= 0.6 is 11.8 Å². The number of carbonyl (C=O) groups excluding carboxylic acids is 2. The van der Waals surface area contributed by atoms with Crippen LogP contribution < -0.4 is 20.3 Å². The Bertz CT molecular complexity index is 840. The molecular formula is C24H30N4O4S. The van der Waals surface area contributed by atoms with Gasteiger partial charge in [-0.25, -0.2) is 10.9 Å². The molecule has 0 aliphatic rings. The van der Waals surface area contributed by atoms with Gasteiger partial charge in [-0.2, -0.15) is 22.0 Å². The van der Waals surface area contributed by atoms with Crippen molar-refractivity contribution in [2.75, 3.05) is 25.7 Å². The smallest absolute Gasteiger partial charge is 0.240 e. The third kappa shape index (κ3) is 11.2. The van der Waals surface area contributed by atoms with Crippen LogP contribution in [0.25, 0.3) is 0 Å². The highest BCUT2D eigenvalue weighted by Crippen LogP contribution is 2.11. The Kier molecular flexibility index (Phi) is 12.2. The maximum absolute atomic E-state index is 11.8. The fourth-order valence-corrected chi connectivity index (χ4v) is 3.52. The Morgan fingerprint density at radius 2 is 1.15 bits per heavy atom. The second kappa shape index (κ2) is 15.5. The van der Waals surface area contributed by atoms with Crippen molar-refractivity contribution in [2.24, 2.45) is 10.2 Å². The van der Waals surface area contributed by atoms with Crippen LogP contribution in [0.1, 0.15) is 36.8 Å². The Labute approximate surface area is 198 Å². The first kappa shape index (κ1) is 25.9. The summed E-state index contributed by atoms with van der Waals surface area (Å²) >= 11 is 1.73. The van der Waals surface area contributed by atoms with Gasteiger partial charge in [0.25, 0.3) is 0 Å². The molecule has 0 heterocycles. The predicted molar refractivity (Wildman–Crippen MR) is 133 cm³/mol. The van der Waals surface area contributed by atoms with E-state index < -0.39 is 0 Å². The average molecular weight is 471 g/mol. The number of nitrogens with one attached hydrogen (secondary N) is 2. The van der Waals surface area contributed by atoms with Crippen molar-refractivity contribution in [3.8, 4) is 11.5 Å². The van der Waals surface area contributed by atoms with Crippen LogP contribution in [0, 0.1) is 0 Å². The number of rotatable bonds is 14. The molecule has 0 fully saturated rings. The van der Waals surface area contributed by atoms with Crippen LogP contribution in [0.2, 0.25) is 0 Å². The zero-order valence-electron chi connectivity index (χ0n) is 19.0. The quantitative estimate of drug-likeness (QED) is 0.250. The lowest BCUT2D eigenvalue weighted by Crippen LogP contribution is -2.17. The Morgan fingerprint density at radius 3 is 1.52 bits per heavy atom. The number of hydrogen-bond acceptors (Lipinski definition) is 7. The molecule has 0 radical (unpaired) electrons. The van der Waals surface area contributed by atoms with Gasteiger partial charge in [-0.1, -0.05) is 0 Å². The second-order valence-electron chi connectivity index (χ2n) is 6.95. The van der Waals surface area contributed by atoms with Crippen LogP contribution in [0.3, 0.4) is 0 Å². The molecule has 176 valence electrons. The molecule has 0 aliphatic heterocycles. The lowest BCUT2D eigenvalue weighted by atomic mass is 10.2. The topological polar surface area (TPSA) is 101 Å². The molecule has 2 rings (SSSR count). The molecule has 0 saturated carbocycles. The highest BCUT2D eigenvalue weighted by atomic mass is 32.2. The first-order valence-corrected chi connectivity index (χ1v) is 11.8. The number of amides is 2. The molecule has 0 aromatic heterocycles. The van der Waals surface area contributed by atoms with Crippen LogP contribution in [0.15, 0.2) is 58.7 Å². The summed E-state index contributed by atoms with van der Waals surface area (Å²) < 4.78 is 10.2. The first-order chi connectivity index (χ1) is 16.1. The lowest BCUT2D eigenvalue weighted by molar-refractivity contribution is -0.121. The SMILES string of the molecule is COc1ccc(C=NNC(=O)CCCSCCCC(=O)NN=Cc2ccc(OC)cc2)cc1. The summed E-state index contributed by atoms with van der Waals surface area (Å²) in [5.74, 6) is 3.02. The molecule has 2 aromatic carbocycles. The molecule has 0 saturated heterocycles. The van der Waals surface area contributed by atoms with E-state index in [9.17, 15) is 9.59 Å². The summed E-state index contributed by atoms with van der Waals surface area (Å²) in [6.45, 7) is 0. The molecule has 33 heavy (non-hydrogen) atoms. The van der Waals surface area contributed by atoms with Crippen molar-refractivity contribution in [2.45, 2.75) is 25.7 Å². The van der Waals surface area contributed by atoms with Gasteiger partial charge in [0, 0.05) is 12.8 Å². The molecule has 8 nitrogen and oxygen atoms in total.